The third kappa shape index (κ3) is 5.30. The molecule has 2 heterocycles. The fraction of sp³-hybridized carbons (Fsp3) is 0.789. The van der Waals surface area contributed by atoms with Gasteiger partial charge in [0.15, 0.2) is 0 Å². The molecule has 0 atom stereocenters. The lowest BCUT2D eigenvalue weighted by atomic mass is 9.61. The van der Waals surface area contributed by atoms with Crippen molar-refractivity contribution in [1.82, 2.24) is 14.7 Å². The second-order valence-corrected chi connectivity index (χ2v) is 8.61. The van der Waals surface area contributed by atoms with Gasteiger partial charge in [-0.05, 0) is 63.4 Å². The summed E-state index contributed by atoms with van der Waals surface area (Å²) in [6, 6.07) is 0.522. The fourth-order valence-corrected chi connectivity index (χ4v) is 3.52. The van der Waals surface area contributed by atoms with Crippen molar-refractivity contribution < 1.29 is 9.53 Å². The van der Waals surface area contributed by atoms with E-state index in [1.54, 1.807) is 7.11 Å². The fourth-order valence-electron chi connectivity index (χ4n) is 3.26. The number of methoxy groups -OCH3 is 1. The molecule has 0 radical (unpaired) electrons. The summed E-state index contributed by atoms with van der Waals surface area (Å²) in [4.78, 5) is 12.4. The van der Waals surface area contributed by atoms with Crippen LogP contribution in [0.15, 0.2) is 4.47 Å². The maximum atomic E-state index is 10.6. The number of carbonyl (C=O) groups is 1. The summed E-state index contributed by atoms with van der Waals surface area (Å²) in [6.07, 6.45) is 3.27. The first-order chi connectivity index (χ1) is 11.6. The number of carbonyl (C=O) groups excluding carboxylic acids is 1. The van der Waals surface area contributed by atoms with Crippen LogP contribution in [0.4, 0.5) is 0 Å². The Morgan fingerprint density at radius 2 is 1.72 bits per heavy atom. The van der Waals surface area contributed by atoms with Crippen molar-refractivity contribution in [3.05, 3.63) is 15.9 Å². The van der Waals surface area contributed by atoms with Crippen molar-refractivity contribution in [3.8, 4) is 0 Å². The van der Waals surface area contributed by atoms with Crippen LogP contribution in [0, 0.1) is 19.3 Å². The van der Waals surface area contributed by atoms with Crippen LogP contribution < -0.4 is 0 Å². The molecule has 2 aliphatic rings. The van der Waals surface area contributed by atoms with Gasteiger partial charge in [0.25, 0.3) is 0 Å². The van der Waals surface area contributed by atoms with Crippen LogP contribution in [-0.4, -0.2) is 46.9 Å². The molecular formula is C19H34BrN3O2. The standard InChI is InChI=1S/C12H16BrN3O.C5H12O.C2H6/c1-8-11(13)9(2)16(14-8)10-3-12(4-10)5-15(6-12)7-17;1-5(2,3)6-4;1-2/h7,10H,3-6H2,1-2H3;1-4H3;1-2H3. The van der Waals surface area contributed by atoms with E-state index in [4.69, 9.17) is 4.74 Å². The van der Waals surface area contributed by atoms with Crippen molar-refractivity contribution >= 4 is 22.3 Å². The number of likely N-dealkylation sites (tertiary alicyclic amines) is 1. The molecule has 1 aliphatic heterocycles. The normalized spacial score (nSPS) is 18.4. The molecule has 1 aliphatic carbocycles. The van der Waals surface area contributed by atoms with E-state index in [-0.39, 0.29) is 5.60 Å². The van der Waals surface area contributed by atoms with Gasteiger partial charge >= 0.3 is 0 Å². The molecule has 6 heteroatoms. The maximum Gasteiger partial charge on any atom is 0.209 e. The number of hydrogen-bond acceptors (Lipinski definition) is 3. The second kappa shape index (κ2) is 8.67. The average molecular weight is 416 g/mol. The molecule has 0 N–H and O–H groups in total. The Labute approximate surface area is 161 Å². The van der Waals surface area contributed by atoms with E-state index in [9.17, 15) is 4.79 Å². The van der Waals surface area contributed by atoms with E-state index in [1.165, 1.54) is 5.69 Å². The van der Waals surface area contributed by atoms with Gasteiger partial charge in [-0.1, -0.05) is 13.8 Å². The van der Waals surface area contributed by atoms with Crippen molar-refractivity contribution in [2.45, 2.75) is 73.0 Å². The Morgan fingerprint density at radius 3 is 2.04 bits per heavy atom. The Kier molecular flexibility index (Phi) is 7.69. The summed E-state index contributed by atoms with van der Waals surface area (Å²) in [5.74, 6) is 0. The number of amides is 1. The summed E-state index contributed by atoms with van der Waals surface area (Å²) >= 11 is 3.56. The molecule has 1 amide bonds. The number of aryl methyl sites for hydroxylation is 1. The highest BCUT2D eigenvalue weighted by molar-refractivity contribution is 9.10. The minimum absolute atomic E-state index is 0.0417. The van der Waals surface area contributed by atoms with Gasteiger partial charge in [0.05, 0.1) is 27.5 Å². The van der Waals surface area contributed by atoms with Crippen LogP contribution in [0.1, 0.15) is 64.9 Å². The minimum Gasteiger partial charge on any atom is -0.379 e. The summed E-state index contributed by atoms with van der Waals surface area (Å²) in [5, 5.41) is 4.58. The van der Waals surface area contributed by atoms with Crippen molar-refractivity contribution in [2.24, 2.45) is 5.41 Å². The Balaban J connectivity index is 0.000000335. The summed E-state index contributed by atoms with van der Waals surface area (Å²) in [6.45, 7) is 16.1. The summed E-state index contributed by atoms with van der Waals surface area (Å²) in [7, 11) is 1.71. The summed E-state index contributed by atoms with van der Waals surface area (Å²) in [5.41, 5.74) is 2.73. The number of ether oxygens (including phenoxy) is 1. The zero-order valence-corrected chi connectivity index (χ0v) is 18.6. The van der Waals surface area contributed by atoms with Crippen LogP contribution in [0.25, 0.3) is 0 Å². The zero-order valence-electron chi connectivity index (χ0n) is 17.0. The number of halogens is 1. The molecule has 0 unspecified atom stereocenters. The van der Waals surface area contributed by atoms with Crippen molar-refractivity contribution in [1.29, 1.82) is 0 Å². The first kappa shape index (κ1) is 22.2. The van der Waals surface area contributed by atoms with Crippen molar-refractivity contribution in [2.75, 3.05) is 20.2 Å². The highest BCUT2D eigenvalue weighted by atomic mass is 79.9. The third-order valence-corrected chi connectivity index (χ3v) is 5.91. The molecule has 1 saturated heterocycles. The lowest BCUT2D eigenvalue weighted by Gasteiger charge is -2.58. The van der Waals surface area contributed by atoms with Gasteiger partial charge in [-0.3, -0.25) is 9.48 Å². The van der Waals surface area contributed by atoms with Crippen LogP contribution in [-0.2, 0) is 9.53 Å². The second-order valence-electron chi connectivity index (χ2n) is 7.82. The topological polar surface area (TPSA) is 47.4 Å². The van der Waals surface area contributed by atoms with Gasteiger partial charge in [0.2, 0.25) is 6.41 Å². The SMILES string of the molecule is CC.COC(C)(C)C.Cc1nn(C2CC3(C2)CN(C=O)C3)c(C)c1Br. The first-order valence-electron chi connectivity index (χ1n) is 9.06. The van der Waals surface area contributed by atoms with Gasteiger partial charge in [-0.25, -0.2) is 0 Å². The number of hydrogen-bond donors (Lipinski definition) is 0. The molecular weight excluding hydrogens is 382 g/mol. The average Bonchev–Trinajstić information content (AvgIpc) is 2.75. The molecule has 5 nitrogen and oxygen atoms in total. The quantitative estimate of drug-likeness (QED) is 0.667. The van der Waals surface area contributed by atoms with Crippen LogP contribution in [0.5, 0.6) is 0 Å². The van der Waals surface area contributed by atoms with Crippen LogP contribution in [0.2, 0.25) is 0 Å². The Bertz CT molecular complexity index is 564. The molecule has 1 spiro atoms. The first-order valence-corrected chi connectivity index (χ1v) is 9.86. The molecule has 144 valence electrons. The molecule has 1 aromatic rings. The minimum atomic E-state index is 0.0417. The summed E-state index contributed by atoms with van der Waals surface area (Å²) < 4.78 is 8.21. The molecule has 0 aromatic carbocycles. The monoisotopic (exact) mass is 415 g/mol. The van der Waals surface area contributed by atoms with E-state index in [0.717, 1.165) is 42.5 Å². The zero-order chi connectivity index (χ0) is 19.4. The molecule has 1 saturated carbocycles. The van der Waals surface area contributed by atoms with Crippen molar-refractivity contribution in [3.63, 3.8) is 0 Å². The lowest BCUT2D eigenvalue weighted by Crippen LogP contribution is -2.61. The van der Waals surface area contributed by atoms with E-state index < -0.39 is 0 Å². The van der Waals surface area contributed by atoms with E-state index in [1.807, 2.05) is 46.4 Å². The smallest absolute Gasteiger partial charge is 0.209 e. The van der Waals surface area contributed by atoms with Gasteiger partial charge in [0.1, 0.15) is 0 Å². The van der Waals surface area contributed by atoms with Crippen LogP contribution in [0.3, 0.4) is 0 Å². The molecule has 0 bridgehead atoms. The van der Waals surface area contributed by atoms with E-state index >= 15 is 0 Å². The van der Waals surface area contributed by atoms with Gasteiger partial charge in [-0.2, -0.15) is 5.10 Å². The molecule has 25 heavy (non-hydrogen) atoms. The number of rotatable bonds is 2. The number of aromatic nitrogens is 2. The lowest BCUT2D eigenvalue weighted by molar-refractivity contribution is -0.140. The van der Waals surface area contributed by atoms with Crippen LogP contribution >= 0.6 is 15.9 Å². The predicted octanol–water partition coefficient (Wildman–Crippen LogP) is 4.51. The predicted molar refractivity (Wildman–Crippen MR) is 106 cm³/mol. The molecule has 3 rings (SSSR count). The largest absolute Gasteiger partial charge is 0.379 e. The van der Waals surface area contributed by atoms with E-state index in [2.05, 4.69) is 32.6 Å². The van der Waals surface area contributed by atoms with Gasteiger partial charge < -0.3 is 9.64 Å². The molecule has 1 aromatic heterocycles. The highest BCUT2D eigenvalue weighted by Gasteiger charge is 2.53. The maximum absolute atomic E-state index is 10.6. The number of nitrogens with zero attached hydrogens (tertiary/aromatic N) is 3. The molecule has 2 fully saturated rings. The highest BCUT2D eigenvalue weighted by Crippen LogP contribution is 2.54. The Hall–Kier alpha value is -0.880. The third-order valence-electron chi connectivity index (χ3n) is 4.76. The van der Waals surface area contributed by atoms with Gasteiger partial charge in [0, 0.05) is 25.6 Å². The Morgan fingerprint density at radius 1 is 1.24 bits per heavy atom. The van der Waals surface area contributed by atoms with Gasteiger partial charge in [-0.15, -0.1) is 0 Å². The van der Waals surface area contributed by atoms with E-state index in [0.29, 0.717) is 11.5 Å².